The lowest BCUT2D eigenvalue weighted by molar-refractivity contribution is -0.123. The molecule has 1 amide bonds. The molecule has 3 nitrogen and oxygen atoms in total. The molecule has 1 aliphatic carbocycles. The van der Waals surface area contributed by atoms with E-state index in [0.29, 0.717) is 24.8 Å². The Bertz CT molecular complexity index is 464. The second-order valence-corrected chi connectivity index (χ2v) is 6.92. The molecular formula is C19H31ClN2O. The highest BCUT2D eigenvalue weighted by Gasteiger charge is 2.27. The third kappa shape index (κ3) is 5.82. The monoisotopic (exact) mass is 338 g/mol. The van der Waals surface area contributed by atoms with Crippen molar-refractivity contribution in [1.82, 2.24) is 5.32 Å². The van der Waals surface area contributed by atoms with Crippen LogP contribution in [-0.2, 0) is 4.79 Å². The number of hydrogen-bond donors (Lipinski definition) is 2. The molecule has 0 aromatic heterocycles. The van der Waals surface area contributed by atoms with Crippen molar-refractivity contribution in [3.05, 3.63) is 35.9 Å². The summed E-state index contributed by atoms with van der Waals surface area (Å²) >= 11 is 0. The molecule has 1 fully saturated rings. The van der Waals surface area contributed by atoms with Gasteiger partial charge in [-0.2, -0.15) is 0 Å². The number of nitrogens with two attached hydrogens (primary N) is 1. The SMILES string of the molecule is CC(C)C(CC(=O)NC1CCCCC1CN)c1ccccc1.Cl. The number of benzene rings is 1. The number of carbonyl (C=O) groups excluding carboxylic acids is 1. The molecule has 1 aromatic carbocycles. The zero-order valence-corrected chi connectivity index (χ0v) is 15.1. The van der Waals surface area contributed by atoms with E-state index in [2.05, 4.69) is 31.3 Å². The minimum absolute atomic E-state index is 0. The van der Waals surface area contributed by atoms with Crippen LogP contribution in [0.5, 0.6) is 0 Å². The van der Waals surface area contributed by atoms with Gasteiger partial charge in [0.1, 0.15) is 0 Å². The molecule has 3 N–H and O–H groups in total. The van der Waals surface area contributed by atoms with Gasteiger partial charge in [-0.15, -0.1) is 12.4 Å². The standard InChI is InChI=1S/C19H30N2O.ClH/c1-14(2)17(15-8-4-3-5-9-15)12-19(22)21-18-11-7-6-10-16(18)13-20;/h3-5,8-9,14,16-18H,6-7,10-13,20H2,1-2H3,(H,21,22);1H. The van der Waals surface area contributed by atoms with E-state index in [1.165, 1.54) is 18.4 Å². The predicted molar refractivity (Wildman–Crippen MR) is 98.8 cm³/mol. The Kier molecular flexibility index (Phi) is 8.64. The molecule has 0 saturated heterocycles. The molecule has 2 rings (SSSR count). The van der Waals surface area contributed by atoms with E-state index in [9.17, 15) is 4.79 Å². The Balaban J connectivity index is 0.00000264. The van der Waals surface area contributed by atoms with E-state index in [0.717, 1.165) is 12.8 Å². The maximum atomic E-state index is 12.5. The lowest BCUT2D eigenvalue weighted by Crippen LogP contribution is -2.45. The van der Waals surface area contributed by atoms with Gasteiger partial charge >= 0.3 is 0 Å². The maximum absolute atomic E-state index is 12.5. The van der Waals surface area contributed by atoms with Crippen molar-refractivity contribution in [2.45, 2.75) is 57.9 Å². The molecule has 3 atom stereocenters. The summed E-state index contributed by atoms with van der Waals surface area (Å²) in [5, 5.41) is 3.26. The Morgan fingerprint density at radius 3 is 2.48 bits per heavy atom. The number of nitrogens with one attached hydrogen (secondary N) is 1. The van der Waals surface area contributed by atoms with Gasteiger partial charge in [-0.25, -0.2) is 0 Å². The summed E-state index contributed by atoms with van der Waals surface area (Å²) in [6.45, 7) is 5.06. The van der Waals surface area contributed by atoms with E-state index >= 15 is 0 Å². The molecule has 1 aliphatic rings. The number of halogens is 1. The average Bonchev–Trinajstić information content (AvgIpc) is 2.53. The van der Waals surface area contributed by atoms with Gasteiger partial charge in [-0.3, -0.25) is 4.79 Å². The van der Waals surface area contributed by atoms with Crippen LogP contribution >= 0.6 is 12.4 Å². The summed E-state index contributed by atoms with van der Waals surface area (Å²) in [6, 6.07) is 10.6. The van der Waals surface area contributed by atoms with Crippen molar-refractivity contribution in [2.75, 3.05) is 6.54 Å². The van der Waals surface area contributed by atoms with Crippen LogP contribution in [0.3, 0.4) is 0 Å². The molecule has 1 saturated carbocycles. The van der Waals surface area contributed by atoms with E-state index in [1.807, 2.05) is 18.2 Å². The number of amides is 1. The van der Waals surface area contributed by atoms with Gasteiger partial charge < -0.3 is 11.1 Å². The third-order valence-corrected chi connectivity index (χ3v) is 5.00. The van der Waals surface area contributed by atoms with Crippen LogP contribution in [0.4, 0.5) is 0 Å². The Morgan fingerprint density at radius 2 is 1.87 bits per heavy atom. The van der Waals surface area contributed by atoms with E-state index in [-0.39, 0.29) is 30.3 Å². The molecule has 4 heteroatoms. The highest BCUT2D eigenvalue weighted by atomic mass is 35.5. The first kappa shape index (κ1) is 20.0. The third-order valence-electron chi connectivity index (χ3n) is 5.00. The fourth-order valence-corrected chi connectivity index (χ4v) is 3.58. The number of rotatable bonds is 6. The molecule has 130 valence electrons. The molecule has 0 radical (unpaired) electrons. The summed E-state index contributed by atoms with van der Waals surface area (Å²) in [5.74, 6) is 1.35. The first-order valence-electron chi connectivity index (χ1n) is 8.66. The van der Waals surface area contributed by atoms with Crippen LogP contribution in [0.1, 0.15) is 57.4 Å². The average molecular weight is 339 g/mol. The van der Waals surface area contributed by atoms with Crippen molar-refractivity contribution in [3.8, 4) is 0 Å². The Morgan fingerprint density at radius 1 is 1.22 bits per heavy atom. The van der Waals surface area contributed by atoms with Gasteiger partial charge in [0.05, 0.1) is 0 Å². The molecular weight excluding hydrogens is 308 g/mol. The molecule has 3 unspecified atom stereocenters. The van der Waals surface area contributed by atoms with Gasteiger partial charge in [0.15, 0.2) is 0 Å². The van der Waals surface area contributed by atoms with Gasteiger partial charge in [0.2, 0.25) is 5.91 Å². The zero-order chi connectivity index (χ0) is 15.9. The molecule has 0 bridgehead atoms. The largest absolute Gasteiger partial charge is 0.353 e. The smallest absolute Gasteiger partial charge is 0.220 e. The fourth-order valence-electron chi connectivity index (χ4n) is 3.58. The second-order valence-electron chi connectivity index (χ2n) is 6.92. The Hall–Kier alpha value is -1.06. The van der Waals surface area contributed by atoms with E-state index < -0.39 is 0 Å². The number of carbonyl (C=O) groups is 1. The summed E-state index contributed by atoms with van der Waals surface area (Å²) in [4.78, 5) is 12.5. The van der Waals surface area contributed by atoms with Crippen LogP contribution in [0.15, 0.2) is 30.3 Å². The minimum Gasteiger partial charge on any atom is -0.353 e. The molecule has 0 aliphatic heterocycles. The normalized spacial score (nSPS) is 22.3. The summed E-state index contributed by atoms with van der Waals surface area (Å²) in [7, 11) is 0. The van der Waals surface area contributed by atoms with Gasteiger partial charge in [0, 0.05) is 12.5 Å². The van der Waals surface area contributed by atoms with Crippen LogP contribution in [0.25, 0.3) is 0 Å². The van der Waals surface area contributed by atoms with Crippen molar-refractivity contribution in [2.24, 2.45) is 17.6 Å². The van der Waals surface area contributed by atoms with Crippen LogP contribution < -0.4 is 11.1 Å². The molecule has 23 heavy (non-hydrogen) atoms. The summed E-state index contributed by atoms with van der Waals surface area (Å²) in [5.41, 5.74) is 7.11. The first-order valence-corrected chi connectivity index (χ1v) is 8.66. The highest BCUT2D eigenvalue weighted by molar-refractivity contribution is 5.85. The maximum Gasteiger partial charge on any atom is 0.220 e. The summed E-state index contributed by atoms with van der Waals surface area (Å²) in [6.07, 6.45) is 5.23. The van der Waals surface area contributed by atoms with Crippen molar-refractivity contribution < 1.29 is 4.79 Å². The van der Waals surface area contributed by atoms with Gasteiger partial charge in [-0.05, 0) is 42.7 Å². The lowest BCUT2D eigenvalue weighted by atomic mass is 9.83. The van der Waals surface area contributed by atoms with E-state index in [4.69, 9.17) is 5.73 Å². The summed E-state index contributed by atoms with van der Waals surface area (Å²) < 4.78 is 0. The topological polar surface area (TPSA) is 55.1 Å². The zero-order valence-electron chi connectivity index (χ0n) is 14.3. The Labute approximate surface area is 146 Å². The van der Waals surface area contributed by atoms with Crippen molar-refractivity contribution in [1.29, 1.82) is 0 Å². The fraction of sp³-hybridized carbons (Fsp3) is 0.632. The lowest BCUT2D eigenvalue weighted by Gasteiger charge is -2.32. The quantitative estimate of drug-likeness (QED) is 0.827. The van der Waals surface area contributed by atoms with Crippen LogP contribution in [0.2, 0.25) is 0 Å². The second kappa shape index (κ2) is 9.94. The van der Waals surface area contributed by atoms with Crippen LogP contribution in [0, 0.1) is 11.8 Å². The minimum atomic E-state index is 0. The van der Waals surface area contributed by atoms with Crippen molar-refractivity contribution in [3.63, 3.8) is 0 Å². The molecule has 0 heterocycles. The van der Waals surface area contributed by atoms with Crippen LogP contribution in [-0.4, -0.2) is 18.5 Å². The number of hydrogen-bond acceptors (Lipinski definition) is 2. The molecule has 1 aromatic rings. The van der Waals surface area contributed by atoms with E-state index in [1.54, 1.807) is 0 Å². The first-order chi connectivity index (χ1) is 10.6. The van der Waals surface area contributed by atoms with Gasteiger partial charge in [-0.1, -0.05) is 57.0 Å². The van der Waals surface area contributed by atoms with Gasteiger partial charge in [0.25, 0.3) is 0 Å². The highest BCUT2D eigenvalue weighted by Crippen LogP contribution is 2.28. The molecule has 0 spiro atoms. The van der Waals surface area contributed by atoms with Crippen molar-refractivity contribution >= 4 is 18.3 Å². The predicted octanol–water partition coefficient (Wildman–Crippen LogP) is 3.87.